The summed E-state index contributed by atoms with van der Waals surface area (Å²) in [6, 6.07) is 14.7. The molecule has 3 rings (SSSR count). The van der Waals surface area contributed by atoms with Gasteiger partial charge in [-0.15, -0.1) is 0 Å². The molecule has 0 saturated carbocycles. The minimum absolute atomic E-state index is 0.233. The van der Waals surface area contributed by atoms with Crippen LogP contribution >= 0.6 is 11.6 Å². The van der Waals surface area contributed by atoms with Crippen LogP contribution in [0.1, 0.15) is 10.4 Å². The van der Waals surface area contributed by atoms with E-state index in [4.69, 9.17) is 11.6 Å². The molecule has 0 saturated heterocycles. The Bertz CT molecular complexity index is 762. The minimum atomic E-state index is -0.977. The zero-order valence-corrected chi connectivity index (χ0v) is 10.6. The standard InChI is InChI=1S/C15H10ClNO2/c16-14-12(10-6-2-1-3-7-10)13(15(18)19)11-8-4-5-9-17(11)14/h1-9H,(H,18,19). The summed E-state index contributed by atoms with van der Waals surface area (Å²) in [5.41, 5.74) is 2.19. The van der Waals surface area contributed by atoms with Gasteiger partial charge in [-0.2, -0.15) is 0 Å². The summed E-state index contributed by atoms with van der Waals surface area (Å²) in [6.07, 6.45) is 1.76. The molecule has 3 aromatic rings. The normalized spacial score (nSPS) is 10.8. The second kappa shape index (κ2) is 4.44. The van der Waals surface area contributed by atoms with Crippen molar-refractivity contribution in [3.05, 3.63) is 65.4 Å². The quantitative estimate of drug-likeness (QED) is 0.766. The van der Waals surface area contributed by atoms with Gasteiger partial charge in [0, 0.05) is 11.8 Å². The number of carbonyl (C=O) groups is 1. The molecule has 2 heterocycles. The zero-order valence-electron chi connectivity index (χ0n) is 9.88. The molecule has 0 aliphatic heterocycles. The Hall–Kier alpha value is -2.26. The molecule has 0 unspecified atom stereocenters. The van der Waals surface area contributed by atoms with Gasteiger partial charge in [0.2, 0.25) is 0 Å². The van der Waals surface area contributed by atoms with Gasteiger partial charge in [-0.3, -0.25) is 0 Å². The number of carboxylic acids is 1. The molecule has 0 aliphatic rings. The number of aromatic nitrogens is 1. The van der Waals surface area contributed by atoms with Gasteiger partial charge in [-0.1, -0.05) is 48.0 Å². The van der Waals surface area contributed by atoms with Crippen molar-refractivity contribution in [2.45, 2.75) is 0 Å². The number of pyridine rings is 1. The van der Waals surface area contributed by atoms with Crippen LogP contribution in [-0.4, -0.2) is 15.5 Å². The molecule has 0 radical (unpaired) electrons. The SMILES string of the molecule is O=C(O)c1c(-c2ccccc2)c(Cl)n2ccccc12. The summed E-state index contributed by atoms with van der Waals surface area (Å²) in [4.78, 5) is 11.6. The van der Waals surface area contributed by atoms with Crippen LogP contribution in [0.15, 0.2) is 54.7 Å². The molecule has 0 fully saturated rings. The second-order valence-electron chi connectivity index (χ2n) is 4.17. The van der Waals surface area contributed by atoms with Gasteiger partial charge in [0.1, 0.15) is 5.15 Å². The van der Waals surface area contributed by atoms with Gasteiger partial charge in [-0.05, 0) is 17.7 Å². The first-order chi connectivity index (χ1) is 9.20. The van der Waals surface area contributed by atoms with E-state index in [0.717, 1.165) is 5.56 Å². The van der Waals surface area contributed by atoms with Crippen LogP contribution in [0, 0.1) is 0 Å². The lowest BCUT2D eigenvalue weighted by Crippen LogP contribution is -1.97. The van der Waals surface area contributed by atoms with Crippen molar-refractivity contribution in [2.75, 3.05) is 0 Å². The average molecular weight is 272 g/mol. The fourth-order valence-electron chi connectivity index (χ4n) is 2.25. The van der Waals surface area contributed by atoms with Crippen molar-refractivity contribution >= 4 is 23.1 Å². The average Bonchev–Trinajstić information content (AvgIpc) is 2.74. The molecule has 0 atom stereocenters. The van der Waals surface area contributed by atoms with Crippen LogP contribution < -0.4 is 0 Å². The van der Waals surface area contributed by atoms with Crippen LogP contribution in [0.4, 0.5) is 0 Å². The lowest BCUT2D eigenvalue weighted by molar-refractivity contribution is 0.0700. The number of benzene rings is 1. The van der Waals surface area contributed by atoms with E-state index in [2.05, 4.69) is 0 Å². The van der Waals surface area contributed by atoms with Crippen LogP contribution in [-0.2, 0) is 0 Å². The first-order valence-corrected chi connectivity index (χ1v) is 6.15. The maximum absolute atomic E-state index is 11.6. The number of rotatable bonds is 2. The summed E-state index contributed by atoms with van der Waals surface area (Å²) >= 11 is 6.34. The van der Waals surface area contributed by atoms with E-state index in [-0.39, 0.29) is 5.56 Å². The molecule has 0 aliphatic carbocycles. The fraction of sp³-hybridized carbons (Fsp3) is 0. The van der Waals surface area contributed by atoms with E-state index in [1.54, 1.807) is 22.7 Å². The Morgan fingerprint density at radius 1 is 1.05 bits per heavy atom. The molecule has 94 valence electrons. The molecular weight excluding hydrogens is 262 g/mol. The fourth-order valence-corrected chi connectivity index (χ4v) is 2.61. The highest BCUT2D eigenvalue weighted by atomic mass is 35.5. The lowest BCUT2D eigenvalue weighted by atomic mass is 10.0. The Kier molecular flexibility index (Phi) is 2.76. The van der Waals surface area contributed by atoms with Gasteiger partial charge >= 0.3 is 5.97 Å². The molecule has 1 aromatic carbocycles. The number of aromatic carboxylic acids is 1. The molecule has 0 bridgehead atoms. The van der Waals surface area contributed by atoms with Gasteiger partial charge in [-0.25, -0.2) is 4.79 Å². The molecule has 0 spiro atoms. The Morgan fingerprint density at radius 2 is 1.74 bits per heavy atom. The summed E-state index contributed by atoms with van der Waals surface area (Å²) in [5, 5.41) is 9.88. The summed E-state index contributed by atoms with van der Waals surface area (Å²) < 4.78 is 1.69. The van der Waals surface area contributed by atoms with Crippen molar-refractivity contribution in [3.8, 4) is 11.1 Å². The Labute approximate surface area is 114 Å². The minimum Gasteiger partial charge on any atom is -0.478 e. The molecular formula is C15H10ClNO2. The van der Waals surface area contributed by atoms with Crippen LogP contribution in [0.2, 0.25) is 5.15 Å². The van der Waals surface area contributed by atoms with E-state index >= 15 is 0 Å². The molecule has 2 aromatic heterocycles. The second-order valence-corrected chi connectivity index (χ2v) is 4.53. The third-order valence-corrected chi connectivity index (χ3v) is 3.43. The summed E-state index contributed by atoms with van der Waals surface area (Å²) in [6.45, 7) is 0. The summed E-state index contributed by atoms with van der Waals surface area (Å²) in [7, 11) is 0. The van der Waals surface area contributed by atoms with Gasteiger partial charge < -0.3 is 9.51 Å². The number of halogens is 1. The monoisotopic (exact) mass is 271 g/mol. The number of nitrogens with zero attached hydrogens (tertiary/aromatic N) is 1. The van der Waals surface area contributed by atoms with E-state index in [9.17, 15) is 9.90 Å². The molecule has 0 amide bonds. The summed E-state index contributed by atoms with van der Waals surface area (Å²) in [5.74, 6) is -0.977. The first kappa shape index (κ1) is 11.8. The third kappa shape index (κ3) is 1.79. The third-order valence-electron chi connectivity index (χ3n) is 3.06. The van der Waals surface area contributed by atoms with Crippen LogP contribution in [0.25, 0.3) is 16.6 Å². The maximum atomic E-state index is 11.6. The highest BCUT2D eigenvalue weighted by molar-refractivity contribution is 6.34. The maximum Gasteiger partial charge on any atom is 0.338 e. The lowest BCUT2D eigenvalue weighted by Gasteiger charge is -2.01. The smallest absolute Gasteiger partial charge is 0.338 e. The highest BCUT2D eigenvalue weighted by Crippen LogP contribution is 2.36. The zero-order chi connectivity index (χ0) is 13.4. The number of carboxylic acid groups (broad SMARTS) is 1. The van der Waals surface area contributed by atoms with E-state index in [1.165, 1.54) is 0 Å². The van der Waals surface area contributed by atoms with Crippen molar-refractivity contribution in [2.24, 2.45) is 0 Å². The Morgan fingerprint density at radius 3 is 2.42 bits per heavy atom. The number of hydrogen-bond donors (Lipinski definition) is 1. The molecule has 1 N–H and O–H groups in total. The van der Waals surface area contributed by atoms with Crippen molar-refractivity contribution in [3.63, 3.8) is 0 Å². The topological polar surface area (TPSA) is 41.7 Å². The van der Waals surface area contributed by atoms with Gasteiger partial charge in [0.05, 0.1) is 11.1 Å². The van der Waals surface area contributed by atoms with E-state index < -0.39 is 5.97 Å². The Balaban J connectivity index is 2.44. The highest BCUT2D eigenvalue weighted by Gasteiger charge is 2.22. The predicted octanol–water partition coefficient (Wildman–Crippen LogP) is 3.96. The van der Waals surface area contributed by atoms with Gasteiger partial charge in [0.15, 0.2) is 0 Å². The van der Waals surface area contributed by atoms with Crippen LogP contribution in [0.3, 0.4) is 0 Å². The molecule has 3 nitrogen and oxygen atoms in total. The number of hydrogen-bond acceptors (Lipinski definition) is 1. The largest absolute Gasteiger partial charge is 0.478 e. The molecule has 4 heteroatoms. The van der Waals surface area contributed by atoms with Crippen molar-refractivity contribution in [1.29, 1.82) is 0 Å². The number of fused-ring (bicyclic) bond motifs is 1. The van der Waals surface area contributed by atoms with Crippen molar-refractivity contribution in [1.82, 2.24) is 4.40 Å². The van der Waals surface area contributed by atoms with Crippen LogP contribution in [0.5, 0.6) is 0 Å². The van der Waals surface area contributed by atoms with E-state index in [0.29, 0.717) is 16.2 Å². The first-order valence-electron chi connectivity index (χ1n) is 5.77. The van der Waals surface area contributed by atoms with E-state index in [1.807, 2.05) is 36.4 Å². The van der Waals surface area contributed by atoms with Crippen molar-refractivity contribution < 1.29 is 9.90 Å². The van der Waals surface area contributed by atoms with Gasteiger partial charge in [0.25, 0.3) is 0 Å². The molecule has 19 heavy (non-hydrogen) atoms. The predicted molar refractivity (Wildman–Crippen MR) is 74.8 cm³/mol.